The van der Waals surface area contributed by atoms with Gasteiger partial charge in [0.1, 0.15) is 0 Å². The summed E-state index contributed by atoms with van der Waals surface area (Å²) in [5.74, 6) is 0.0638. The van der Waals surface area contributed by atoms with E-state index < -0.39 is 16.2 Å². The molecule has 4 nitrogen and oxygen atoms in total. The summed E-state index contributed by atoms with van der Waals surface area (Å²) < 4.78 is 32.6. The van der Waals surface area contributed by atoms with Crippen LogP contribution >= 0.6 is 0 Å². The van der Waals surface area contributed by atoms with Crippen molar-refractivity contribution in [3.8, 4) is 0 Å². The van der Waals surface area contributed by atoms with Gasteiger partial charge in [0.2, 0.25) is 0 Å². The van der Waals surface area contributed by atoms with E-state index in [-0.39, 0.29) is 12.4 Å². The lowest BCUT2D eigenvalue weighted by molar-refractivity contribution is 0.0962. The Morgan fingerprint density at radius 3 is 2.50 bits per heavy atom. The van der Waals surface area contributed by atoms with Crippen molar-refractivity contribution >= 4 is 10.1 Å². The van der Waals surface area contributed by atoms with Crippen molar-refractivity contribution in [3.05, 3.63) is 12.2 Å². The van der Waals surface area contributed by atoms with E-state index in [1.165, 1.54) is 7.11 Å². The maximum absolute atomic E-state index is 11.5. The van der Waals surface area contributed by atoms with Crippen LogP contribution in [0.5, 0.6) is 0 Å². The van der Waals surface area contributed by atoms with Gasteiger partial charge in [-0.25, -0.2) is 0 Å². The second kappa shape index (κ2) is 7.81. The zero-order valence-electron chi connectivity index (χ0n) is 10.4. The first-order chi connectivity index (χ1) is 7.37. The first-order valence-corrected chi connectivity index (χ1v) is 6.99. The van der Waals surface area contributed by atoms with E-state index in [0.29, 0.717) is 6.42 Å². The Balaban J connectivity index is 3.83. The van der Waals surface area contributed by atoms with Crippen molar-refractivity contribution in [2.24, 2.45) is 0 Å². The van der Waals surface area contributed by atoms with E-state index in [2.05, 4.69) is 6.58 Å². The molecular formula is C11H22O4S. The molecule has 0 saturated heterocycles. The standard InChI is InChI=1S/C11H22O4S/c1-10(2)7-5-6-8-16(12,13)15-11(3)9-14-4/h11H,1,5-9H2,2-4H3. The van der Waals surface area contributed by atoms with Gasteiger partial charge < -0.3 is 4.74 Å². The van der Waals surface area contributed by atoms with Crippen LogP contribution in [0.15, 0.2) is 12.2 Å². The van der Waals surface area contributed by atoms with Crippen LogP contribution in [0.25, 0.3) is 0 Å². The van der Waals surface area contributed by atoms with E-state index >= 15 is 0 Å². The molecule has 96 valence electrons. The molecule has 0 aromatic heterocycles. The molecule has 0 amide bonds. The summed E-state index contributed by atoms with van der Waals surface area (Å²) in [7, 11) is -1.90. The second-order valence-corrected chi connectivity index (χ2v) is 5.75. The molecule has 0 aromatic rings. The van der Waals surface area contributed by atoms with Gasteiger partial charge in [-0.3, -0.25) is 4.18 Å². The van der Waals surface area contributed by atoms with Crippen molar-refractivity contribution in [3.63, 3.8) is 0 Å². The molecule has 0 rings (SSSR count). The zero-order chi connectivity index (χ0) is 12.6. The molecule has 1 unspecified atom stereocenters. The predicted octanol–water partition coefficient (Wildman–Crippen LogP) is 2.11. The minimum Gasteiger partial charge on any atom is -0.382 e. The summed E-state index contributed by atoms with van der Waals surface area (Å²) in [4.78, 5) is 0. The van der Waals surface area contributed by atoms with Gasteiger partial charge in [-0.1, -0.05) is 5.57 Å². The molecule has 0 aliphatic heterocycles. The molecule has 0 heterocycles. The summed E-state index contributed by atoms with van der Waals surface area (Å²) in [5, 5.41) is 0. The van der Waals surface area contributed by atoms with Gasteiger partial charge >= 0.3 is 0 Å². The molecule has 0 fully saturated rings. The molecule has 0 aliphatic carbocycles. The zero-order valence-corrected chi connectivity index (χ0v) is 11.2. The number of hydrogen-bond acceptors (Lipinski definition) is 4. The Morgan fingerprint density at radius 1 is 1.38 bits per heavy atom. The second-order valence-electron chi connectivity index (χ2n) is 4.04. The largest absolute Gasteiger partial charge is 0.382 e. The van der Waals surface area contributed by atoms with E-state index in [1.54, 1.807) is 6.92 Å². The number of methoxy groups -OCH3 is 1. The molecule has 1 atom stereocenters. The van der Waals surface area contributed by atoms with Gasteiger partial charge in [0, 0.05) is 7.11 Å². The van der Waals surface area contributed by atoms with Gasteiger partial charge in [-0.05, 0) is 33.1 Å². The Labute approximate surface area is 98.8 Å². The minimum atomic E-state index is -3.41. The fraction of sp³-hybridized carbons (Fsp3) is 0.818. The van der Waals surface area contributed by atoms with Gasteiger partial charge in [-0.15, -0.1) is 6.58 Å². The summed E-state index contributed by atoms with van der Waals surface area (Å²) in [6.07, 6.45) is 1.88. The minimum absolute atomic E-state index is 0.0638. The maximum atomic E-state index is 11.5. The average molecular weight is 250 g/mol. The number of rotatable bonds is 9. The van der Waals surface area contributed by atoms with Crippen LogP contribution in [0.3, 0.4) is 0 Å². The number of hydrogen-bond donors (Lipinski definition) is 0. The Hall–Kier alpha value is -0.390. The molecule has 16 heavy (non-hydrogen) atoms. The van der Waals surface area contributed by atoms with Crippen molar-refractivity contribution in [2.45, 2.75) is 39.2 Å². The molecule has 0 radical (unpaired) electrons. The van der Waals surface area contributed by atoms with Gasteiger partial charge in [0.25, 0.3) is 10.1 Å². The predicted molar refractivity (Wildman–Crippen MR) is 64.9 cm³/mol. The highest BCUT2D eigenvalue weighted by Gasteiger charge is 2.15. The lowest BCUT2D eigenvalue weighted by Gasteiger charge is -2.11. The van der Waals surface area contributed by atoms with E-state index in [0.717, 1.165) is 18.4 Å². The van der Waals surface area contributed by atoms with Crippen LogP contribution in [0.1, 0.15) is 33.1 Å². The fourth-order valence-electron chi connectivity index (χ4n) is 1.27. The summed E-state index contributed by atoms with van der Waals surface area (Å²) in [5.41, 5.74) is 1.08. The first kappa shape index (κ1) is 15.6. The molecule has 0 bridgehead atoms. The number of ether oxygens (including phenoxy) is 1. The fourth-order valence-corrected chi connectivity index (χ4v) is 2.48. The van der Waals surface area contributed by atoms with Crippen LogP contribution in [0.2, 0.25) is 0 Å². The lowest BCUT2D eigenvalue weighted by atomic mass is 10.2. The van der Waals surface area contributed by atoms with Crippen LogP contribution in [0.4, 0.5) is 0 Å². The van der Waals surface area contributed by atoms with E-state index in [9.17, 15) is 8.42 Å². The Kier molecular flexibility index (Phi) is 7.62. The van der Waals surface area contributed by atoms with Crippen LogP contribution in [-0.4, -0.2) is 34.0 Å². The molecule has 0 spiro atoms. The maximum Gasteiger partial charge on any atom is 0.267 e. The highest BCUT2D eigenvalue weighted by molar-refractivity contribution is 7.86. The lowest BCUT2D eigenvalue weighted by Crippen LogP contribution is -2.21. The van der Waals surface area contributed by atoms with E-state index in [1.807, 2.05) is 6.92 Å². The highest BCUT2D eigenvalue weighted by atomic mass is 32.2. The van der Waals surface area contributed by atoms with Gasteiger partial charge in [0.15, 0.2) is 0 Å². The third-order valence-corrected chi connectivity index (χ3v) is 3.37. The molecule has 0 N–H and O–H groups in total. The van der Waals surface area contributed by atoms with Crippen LogP contribution < -0.4 is 0 Å². The van der Waals surface area contributed by atoms with Crippen LogP contribution in [0, 0.1) is 0 Å². The topological polar surface area (TPSA) is 52.6 Å². The highest BCUT2D eigenvalue weighted by Crippen LogP contribution is 2.08. The molecule has 5 heteroatoms. The Bertz CT molecular complexity index is 295. The molecule has 0 aromatic carbocycles. The number of allylic oxidation sites excluding steroid dienone is 1. The van der Waals surface area contributed by atoms with Crippen molar-refractivity contribution < 1.29 is 17.3 Å². The van der Waals surface area contributed by atoms with Crippen molar-refractivity contribution in [1.29, 1.82) is 0 Å². The quantitative estimate of drug-likeness (QED) is 0.357. The molecule has 0 aliphatic rings. The first-order valence-electron chi connectivity index (χ1n) is 5.41. The summed E-state index contributed by atoms with van der Waals surface area (Å²) >= 11 is 0. The number of unbranched alkanes of at least 4 members (excludes halogenated alkanes) is 1. The summed E-state index contributed by atoms with van der Waals surface area (Å²) in [6.45, 7) is 7.66. The molecular weight excluding hydrogens is 228 g/mol. The van der Waals surface area contributed by atoms with E-state index in [4.69, 9.17) is 8.92 Å². The monoisotopic (exact) mass is 250 g/mol. The third-order valence-electron chi connectivity index (χ3n) is 1.96. The summed E-state index contributed by atoms with van der Waals surface area (Å²) in [6, 6.07) is 0. The third kappa shape index (κ3) is 8.88. The normalized spacial score (nSPS) is 13.7. The van der Waals surface area contributed by atoms with Gasteiger partial charge in [0.05, 0.1) is 18.5 Å². The van der Waals surface area contributed by atoms with Crippen molar-refractivity contribution in [2.75, 3.05) is 19.5 Å². The Morgan fingerprint density at radius 2 is 2.00 bits per heavy atom. The van der Waals surface area contributed by atoms with Crippen LogP contribution in [-0.2, 0) is 19.0 Å². The average Bonchev–Trinajstić information content (AvgIpc) is 2.11. The SMILES string of the molecule is C=C(C)CCCCS(=O)(=O)OC(C)COC. The smallest absolute Gasteiger partial charge is 0.267 e. The van der Waals surface area contributed by atoms with Gasteiger partial charge in [-0.2, -0.15) is 8.42 Å². The molecule has 0 saturated carbocycles. The van der Waals surface area contributed by atoms with Crippen molar-refractivity contribution in [1.82, 2.24) is 0 Å².